The van der Waals surface area contributed by atoms with E-state index in [4.69, 9.17) is 0 Å². The quantitative estimate of drug-likeness (QED) is 0.246. The SMILES string of the molecule is C=C(C)Nc1ccc(C(=C)NCCCCN/C(=C/C(=C)c2ccccc2C)CC)cc1. The Morgan fingerprint density at radius 2 is 1.55 bits per heavy atom. The number of benzene rings is 2. The number of unbranched alkanes of at least 4 members (excludes halogenated alkanes) is 1. The van der Waals surface area contributed by atoms with Gasteiger partial charge in [0.1, 0.15) is 0 Å². The molecule has 2 aromatic rings. The Bertz CT molecular complexity index is 920. The van der Waals surface area contributed by atoms with E-state index in [2.05, 4.69) is 92.0 Å². The zero-order valence-corrected chi connectivity index (χ0v) is 19.4. The average Bonchev–Trinajstić information content (AvgIpc) is 2.75. The van der Waals surface area contributed by atoms with Crippen molar-refractivity contribution in [1.82, 2.24) is 10.6 Å². The number of allylic oxidation sites excluding steroid dienone is 4. The van der Waals surface area contributed by atoms with E-state index in [1.54, 1.807) is 0 Å². The first kappa shape index (κ1) is 24.1. The minimum Gasteiger partial charge on any atom is -0.388 e. The van der Waals surface area contributed by atoms with E-state index in [1.807, 2.05) is 19.1 Å². The molecule has 0 saturated heterocycles. The predicted octanol–water partition coefficient (Wildman–Crippen LogP) is 6.88. The van der Waals surface area contributed by atoms with Crippen LogP contribution in [0.3, 0.4) is 0 Å². The number of rotatable bonds is 13. The largest absolute Gasteiger partial charge is 0.388 e. The molecule has 0 atom stereocenters. The lowest BCUT2D eigenvalue weighted by atomic mass is 10.0. The third-order valence-corrected chi connectivity index (χ3v) is 5.11. The molecule has 3 N–H and O–H groups in total. The molecule has 164 valence electrons. The summed E-state index contributed by atoms with van der Waals surface area (Å²) >= 11 is 0. The summed E-state index contributed by atoms with van der Waals surface area (Å²) in [5.74, 6) is 0. The van der Waals surface area contributed by atoms with Crippen molar-refractivity contribution >= 4 is 17.0 Å². The fraction of sp³-hybridized carbons (Fsp3) is 0.286. The third-order valence-electron chi connectivity index (χ3n) is 5.11. The summed E-state index contributed by atoms with van der Waals surface area (Å²) in [6.45, 7) is 20.4. The highest BCUT2D eigenvalue weighted by Gasteiger charge is 2.02. The highest BCUT2D eigenvalue weighted by atomic mass is 14.9. The topological polar surface area (TPSA) is 36.1 Å². The zero-order valence-electron chi connectivity index (χ0n) is 19.4. The molecule has 0 radical (unpaired) electrons. The van der Waals surface area contributed by atoms with Crippen LogP contribution in [0.25, 0.3) is 11.3 Å². The van der Waals surface area contributed by atoms with Gasteiger partial charge in [0, 0.05) is 35.9 Å². The van der Waals surface area contributed by atoms with Gasteiger partial charge in [-0.1, -0.05) is 63.1 Å². The zero-order chi connectivity index (χ0) is 22.6. The Morgan fingerprint density at radius 1 is 0.903 bits per heavy atom. The fourth-order valence-corrected chi connectivity index (χ4v) is 3.34. The molecule has 0 heterocycles. The maximum Gasteiger partial charge on any atom is 0.0381 e. The van der Waals surface area contributed by atoms with E-state index >= 15 is 0 Å². The monoisotopic (exact) mass is 415 g/mol. The normalized spacial score (nSPS) is 11.0. The van der Waals surface area contributed by atoms with E-state index in [-0.39, 0.29) is 0 Å². The second-order valence-electron chi connectivity index (χ2n) is 7.89. The van der Waals surface area contributed by atoms with Crippen molar-refractivity contribution in [3.05, 3.63) is 102 Å². The minimum atomic E-state index is 0.910. The number of aryl methyl sites for hydroxylation is 1. The van der Waals surface area contributed by atoms with Gasteiger partial charge < -0.3 is 16.0 Å². The summed E-state index contributed by atoms with van der Waals surface area (Å²) in [7, 11) is 0. The second kappa shape index (κ2) is 12.5. The van der Waals surface area contributed by atoms with Crippen LogP contribution in [0, 0.1) is 6.92 Å². The summed E-state index contributed by atoms with van der Waals surface area (Å²) in [6.07, 6.45) is 5.32. The molecule has 3 heteroatoms. The molecule has 0 fully saturated rings. The van der Waals surface area contributed by atoms with Crippen LogP contribution in [0.1, 0.15) is 49.8 Å². The first-order valence-corrected chi connectivity index (χ1v) is 11.1. The van der Waals surface area contributed by atoms with Crippen LogP contribution in [0.15, 0.2) is 85.7 Å². The van der Waals surface area contributed by atoms with E-state index < -0.39 is 0 Å². The first-order chi connectivity index (χ1) is 14.9. The van der Waals surface area contributed by atoms with Crippen LogP contribution in [-0.2, 0) is 0 Å². The molecule has 0 aromatic heterocycles. The molecule has 2 rings (SSSR count). The lowest BCUT2D eigenvalue weighted by Crippen LogP contribution is -2.18. The molecule has 0 aliphatic rings. The number of hydrogen-bond acceptors (Lipinski definition) is 3. The van der Waals surface area contributed by atoms with Crippen LogP contribution in [0.4, 0.5) is 5.69 Å². The van der Waals surface area contributed by atoms with Gasteiger partial charge in [-0.25, -0.2) is 0 Å². The standard InChI is InChI=1S/C28H37N3/c1-7-26(20-23(5)28-13-9-8-12-22(28)4)30-19-11-10-18-29-24(6)25-14-16-27(17-15-25)31-21(2)3/h8-9,12-17,20,29-31H,2,5-7,10-11,18-19H2,1,3-4H3/b26-20+. The molecule has 0 spiro atoms. The van der Waals surface area contributed by atoms with Gasteiger partial charge in [0.05, 0.1) is 0 Å². The summed E-state index contributed by atoms with van der Waals surface area (Å²) in [4.78, 5) is 0. The summed E-state index contributed by atoms with van der Waals surface area (Å²) in [6, 6.07) is 16.6. The molecule has 0 amide bonds. The Morgan fingerprint density at radius 3 is 2.16 bits per heavy atom. The molecule has 0 saturated carbocycles. The van der Waals surface area contributed by atoms with Crippen LogP contribution in [-0.4, -0.2) is 13.1 Å². The lowest BCUT2D eigenvalue weighted by molar-refractivity contribution is 0.652. The summed E-state index contributed by atoms with van der Waals surface area (Å²) in [5.41, 5.74) is 8.79. The summed E-state index contributed by atoms with van der Waals surface area (Å²) in [5, 5.41) is 10.2. The van der Waals surface area contributed by atoms with Gasteiger partial charge >= 0.3 is 0 Å². The van der Waals surface area contributed by atoms with Gasteiger partial charge in [-0.15, -0.1) is 0 Å². The molecular formula is C28H37N3. The van der Waals surface area contributed by atoms with E-state index in [1.165, 1.54) is 16.8 Å². The van der Waals surface area contributed by atoms with Gasteiger partial charge in [-0.2, -0.15) is 0 Å². The van der Waals surface area contributed by atoms with Crippen molar-refractivity contribution in [2.45, 2.75) is 40.0 Å². The molecule has 31 heavy (non-hydrogen) atoms. The van der Waals surface area contributed by atoms with Crippen molar-refractivity contribution in [3.63, 3.8) is 0 Å². The van der Waals surface area contributed by atoms with Crippen molar-refractivity contribution in [1.29, 1.82) is 0 Å². The van der Waals surface area contributed by atoms with Crippen LogP contribution >= 0.6 is 0 Å². The van der Waals surface area contributed by atoms with Crippen LogP contribution < -0.4 is 16.0 Å². The molecule has 2 aromatic carbocycles. The summed E-state index contributed by atoms with van der Waals surface area (Å²) < 4.78 is 0. The van der Waals surface area contributed by atoms with Gasteiger partial charge in [-0.3, -0.25) is 0 Å². The maximum absolute atomic E-state index is 4.25. The Labute approximate surface area is 188 Å². The van der Waals surface area contributed by atoms with Crippen molar-refractivity contribution in [3.8, 4) is 0 Å². The molecule has 0 bridgehead atoms. The Balaban J connectivity index is 1.71. The molecule has 0 unspecified atom stereocenters. The van der Waals surface area contributed by atoms with E-state index in [0.717, 1.165) is 60.6 Å². The van der Waals surface area contributed by atoms with Gasteiger partial charge in [0.15, 0.2) is 0 Å². The van der Waals surface area contributed by atoms with Crippen molar-refractivity contribution < 1.29 is 0 Å². The predicted molar refractivity (Wildman–Crippen MR) is 138 cm³/mol. The average molecular weight is 416 g/mol. The fourth-order valence-electron chi connectivity index (χ4n) is 3.34. The molecular weight excluding hydrogens is 378 g/mol. The second-order valence-corrected chi connectivity index (χ2v) is 7.89. The van der Waals surface area contributed by atoms with E-state index in [9.17, 15) is 0 Å². The van der Waals surface area contributed by atoms with Crippen molar-refractivity contribution in [2.75, 3.05) is 18.4 Å². The van der Waals surface area contributed by atoms with Gasteiger partial charge in [0.2, 0.25) is 0 Å². The first-order valence-electron chi connectivity index (χ1n) is 11.1. The van der Waals surface area contributed by atoms with Crippen molar-refractivity contribution in [2.24, 2.45) is 0 Å². The molecule has 0 aliphatic heterocycles. The Kier molecular flexibility index (Phi) is 9.70. The Hall–Kier alpha value is -3.20. The number of anilines is 1. The van der Waals surface area contributed by atoms with Gasteiger partial charge in [-0.05, 0) is 73.6 Å². The third kappa shape index (κ3) is 8.21. The van der Waals surface area contributed by atoms with Crippen LogP contribution in [0.2, 0.25) is 0 Å². The minimum absolute atomic E-state index is 0.910. The van der Waals surface area contributed by atoms with E-state index in [0.29, 0.717) is 0 Å². The highest BCUT2D eigenvalue weighted by molar-refractivity contribution is 5.74. The highest BCUT2D eigenvalue weighted by Crippen LogP contribution is 2.19. The van der Waals surface area contributed by atoms with Crippen LogP contribution in [0.5, 0.6) is 0 Å². The molecule has 0 aliphatic carbocycles. The smallest absolute Gasteiger partial charge is 0.0381 e. The maximum atomic E-state index is 4.25. The number of nitrogens with one attached hydrogen (secondary N) is 3. The number of hydrogen-bond donors (Lipinski definition) is 3. The van der Waals surface area contributed by atoms with Gasteiger partial charge in [0.25, 0.3) is 0 Å². The lowest BCUT2D eigenvalue weighted by Gasteiger charge is -2.13. The molecule has 3 nitrogen and oxygen atoms in total.